The first kappa shape index (κ1) is 12.0. The van der Waals surface area contributed by atoms with Crippen molar-refractivity contribution in [2.24, 2.45) is 0 Å². The van der Waals surface area contributed by atoms with E-state index in [1.54, 1.807) is 30.3 Å². The minimum Gasteiger partial charge on any atom is -0.459 e. The van der Waals surface area contributed by atoms with Gasteiger partial charge in [0.05, 0.1) is 12.2 Å². The molecule has 0 aliphatic carbocycles. The van der Waals surface area contributed by atoms with Gasteiger partial charge in [-0.15, -0.1) is 0 Å². The lowest BCUT2D eigenvalue weighted by molar-refractivity contribution is -0.0204. The summed E-state index contributed by atoms with van der Waals surface area (Å²) in [5, 5.41) is 18.7. The van der Waals surface area contributed by atoms with Gasteiger partial charge in [-0.25, -0.2) is 4.79 Å². The average molecular weight is 238 g/mol. The smallest absolute Gasteiger partial charge is 0.338 e. The Hall–Kier alpha value is -1.43. The van der Waals surface area contributed by atoms with Gasteiger partial charge in [-0.3, -0.25) is 0 Å². The second kappa shape index (κ2) is 5.27. The van der Waals surface area contributed by atoms with Crippen molar-refractivity contribution < 1.29 is 24.5 Å². The van der Waals surface area contributed by atoms with Gasteiger partial charge in [0, 0.05) is 0 Å². The average Bonchev–Trinajstić information content (AvgIpc) is 2.68. The summed E-state index contributed by atoms with van der Waals surface area (Å²) < 4.78 is 10.1. The van der Waals surface area contributed by atoms with E-state index in [0.29, 0.717) is 5.56 Å². The van der Waals surface area contributed by atoms with Gasteiger partial charge in [0.15, 0.2) is 0 Å². The molecular formula is C12H14O5. The predicted molar refractivity (Wildman–Crippen MR) is 58.5 cm³/mol. The number of carbonyl (C=O) groups excluding carboxylic acids is 1. The Balaban J connectivity index is 1.85. The number of aliphatic hydroxyl groups is 2. The molecule has 1 aliphatic rings. The predicted octanol–water partition coefficient (Wildman–Crippen LogP) is -0.0360. The molecule has 1 heterocycles. The summed E-state index contributed by atoms with van der Waals surface area (Å²) in [6.45, 7) is 0.000670. The van der Waals surface area contributed by atoms with Crippen LogP contribution >= 0.6 is 0 Å². The van der Waals surface area contributed by atoms with Gasteiger partial charge in [0.1, 0.15) is 24.9 Å². The Labute approximate surface area is 98.6 Å². The Morgan fingerprint density at radius 3 is 2.65 bits per heavy atom. The van der Waals surface area contributed by atoms with E-state index in [0.717, 1.165) is 0 Å². The molecule has 2 N–H and O–H groups in total. The first-order valence-corrected chi connectivity index (χ1v) is 5.38. The van der Waals surface area contributed by atoms with Crippen LogP contribution in [-0.2, 0) is 9.47 Å². The van der Waals surface area contributed by atoms with Crippen LogP contribution in [0.25, 0.3) is 0 Å². The van der Waals surface area contributed by atoms with Crippen LogP contribution in [-0.4, -0.2) is 47.7 Å². The van der Waals surface area contributed by atoms with Crippen molar-refractivity contribution in [2.75, 3.05) is 13.2 Å². The third-order valence-corrected chi connectivity index (χ3v) is 2.64. The van der Waals surface area contributed by atoms with Gasteiger partial charge in [0.25, 0.3) is 0 Å². The molecule has 0 amide bonds. The van der Waals surface area contributed by atoms with Gasteiger partial charge in [-0.05, 0) is 12.1 Å². The summed E-state index contributed by atoms with van der Waals surface area (Å²) in [5.74, 6) is -0.470. The highest BCUT2D eigenvalue weighted by Gasteiger charge is 2.35. The van der Waals surface area contributed by atoms with Gasteiger partial charge >= 0.3 is 5.97 Å². The molecule has 5 nitrogen and oxygen atoms in total. The van der Waals surface area contributed by atoms with Gasteiger partial charge in [0.2, 0.25) is 0 Å². The zero-order chi connectivity index (χ0) is 12.3. The van der Waals surface area contributed by atoms with Crippen molar-refractivity contribution in [2.45, 2.75) is 18.3 Å². The van der Waals surface area contributed by atoms with Gasteiger partial charge in [-0.2, -0.15) is 0 Å². The molecule has 0 bridgehead atoms. The van der Waals surface area contributed by atoms with Crippen molar-refractivity contribution in [1.82, 2.24) is 0 Å². The number of carbonyl (C=O) groups is 1. The molecule has 0 saturated carbocycles. The van der Waals surface area contributed by atoms with E-state index in [2.05, 4.69) is 0 Å². The summed E-state index contributed by atoms with van der Waals surface area (Å²) >= 11 is 0. The largest absolute Gasteiger partial charge is 0.459 e. The van der Waals surface area contributed by atoms with Crippen LogP contribution < -0.4 is 0 Å². The SMILES string of the molecule is O=C(OC[C@H]1OC[C@H](O)[C@@H]1O)c1ccccc1. The first-order valence-electron chi connectivity index (χ1n) is 5.38. The van der Waals surface area contributed by atoms with Crippen LogP contribution in [0.5, 0.6) is 0 Å². The number of hydrogen-bond acceptors (Lipinski definition) is 5. The highest BCUT2D eigenvalue weighted by Crippen LogP contribution is 2.15. The van der Waals surface area contributed by atoms with Crippen LogP contribution in [0.15, 0.2) is 30.3 Å². The van der Waals surface area contributed by atoms with E-state index in [9.17, 15) is 15.0 Å². The fraction of sp³-hybridized carbons (Fsp3) is 0.417. The number of esters is 1. The molecule has 3 atom stereocenters. The number of ether oxygens (including phenoxy) is 2. The second-order valence-corrected chi connectivity index (χ2v) is 3.89. The molecule has 1 aromatic rings. The lowest BCUT2D eigenvalue weighted by Crippen LogP contribution is -2.33. The lowest BCUT2D eigenvalue weighted by Gasteiger charge is -2.14. The topological polar surface area (TPSA) is 76.0 Å². The molecule has 1 saturated heterocycles. The minimum absolute atomic E-state index is 0.0635. The molecule has 0 radical (unpaired) electrons. The van der Waals surface area contributed by atoms with E-state index in [4.69, 9.17) is 9.47 Å². The molecule has 0 spiro atoms. The van der Waals surface area contributed by atoms with Crippen molar-refractivity contribution in [1.29, 1.82) is 0 Å². The maximum atomic E-state index is 11.6. The Kier molecular flexibility index (Phi) is 3.73. The molecule has 0 unspecified atom stereocenters. The summed E-state index contributed by atoms with van der Waals surface area (Å²) in [6, 6.07) is 8.56. The Morgan fingerprint density at radius 1 is 1.35 bits per heavy atom. The normalized spacial score (nSPS) is 28.0. The third kappa shape index (κ3) is 2.82. The molecule has 92 valence electrons. The quantitative estimate of drug-likeness (QED) is 0.723. The molecule has 5 heteroatoms. The molecular weight excluding hydrogens is 224 g/mol. The zero-order valence-corrected chi connectivity index (χ0v) is 9.15. The molecule has 1 fully saturated rings. The van der Waals surface area contributed by atoms with Crippen LogP contribution in [0.3, 0.4) is 0 Å². The first-order chi connectivity index (χ1) is 8.18. The summed E-state index contributed by atoms with van der Waals surface area (Å²) in [6.07, 6.45) is -2.56. The second-order valence-electron chi connectivity index (χ2n) is 3.89. The number of rotatable bonds is 3. The van der Waals surface area contributed by atoms with Crippen LogP contribution in [0.4, 0.5) is 0 Å². The third-order valence-electron chi connectivity index (χ3n) is 2.64. The van der Waals surface area contributed by atoms with Crippen molar-refractivity contribution >= 4 is 5.97 Å². The minimum atomic E-state index is -1.00. The maximum Gasteiger partial charge on any atom is 0.338 e. The van der Waals surface area contributed by atoms with Crippen molar-refractivity contribution in [3.63, 3.8) is 0 Å². The highest BCUT2D eigenvalue weighted by molar-refractivity contribution is 5.89. The van der Waals surface area contributed by atoms with Gasteiger partial charge < -0.3 is 19.7 Å². The van der Waals surface area contributed by atoms with Crippen molar-refractivity contribution in [3.8, 4) is 0 Å². The van der Waals surface area contributed by atoms with E-state index in [-0.39, 0.29) is 13.2 Å². The van der Waals surface area contributed by atoms with Crippen LogP contribution in [0, 0.1) is 0 Å². The lowest BCUT2D eigenvalue weighted by atomic mass is 10.1. The Bertz CT molecular complexity index is 378. The summed E-state index contributed by atoms with van der Waals surface area (Å²) in [4.78, 5) is 11.6. The standard InChI is InChI=1S/C12H14O5/c13-9-6-16-10(11(9)14)7-17-12(15)8-4-2-1-3-5-8/h1-5,9-11,13-14H,6-7H2/t9-,10+,11-/m0/s1. The van der Waals surface area contributed by atoms with E-state index >= 15 is 0 Å². The summed E-state index contributed by atoms with van der Waals surface area (Å²) in [5.41, 5.74) is 0.445. The number of benzene rings is 1. The monoisotopic (exact) mass is 238 g/mol. The zero-order valence-electron chi connectivity index (χ0n) is 9.15. The molecule has 1 aliphatic heterocycles. The van der Waals surface area contributed by atoms with Gasteiger partial charge in [-0.1, -0.05) is 18.2 Å². The Morgan fingerprint density at radius 2 is 2.06 bits per heavy atom. The number of aliphatic hydroxyl groups excluding tert-OH is 2. The van der Waals surface area contributed by atoms with E-state index < -0.39 is 24.3 Å². The maximum absolute atomic E-state index is 11.6. The van der Waals surface area contributed by atoms with Crippen LogP contribution in [0.2, 0.25) is 0 Å². The van der Waals surface area contributed by atoms with Crippen molar-refractivity contribution in [3.05, 3.63) is 35.9 Å². The molecule has 0 aromatic heterocycles. The van der Waals surface area contributed by atoms with Crippen LogP contribution in [0.1, 0.15) is 10.4 Å². The summed E-state index contributed by atoms with van der Waals surface area (Å²) in [7, 11) is 0. The number of hydrogen-bond donors (Lipinski definition) is 2. The molecule has 17 heavy (non-hydrogen) atoms. The fourth-order valence-electron chi connectivity index (χ4n) is 1.63. The molecule has 1 aromatic carbocycles. The fourth-order valence-corrected chi connectivity index (χ4v) is 1.63. The van der Waals surface area contributed by atoms with E-state index in [1.165, 1.54) is 0 Å². The molecule has 2 rings (SSSR count). The highest BCUT2D eigenvalue weighted by atomic mass is 16.6. The van der Waals surface area contributed by atoms with E-state index in [1.807, 2.05) is 0 Å².